The monoisotopic (exact) mass is 494 g/mol. The fourth-order valence-electron chi connectivity index (χ4n) is 4.09. The number of methoxy groups -OCH3 is 1. The first kappa shape index (κ1) is 24.4. The van der Waals surface area contributed by atoms with E-state index in [1.54, 1.807) is 35.0 Å². The first-order valence-corrected chi connectivity index (χ1v) is 10.8. The zero-order valence-corrected chi connectivity index (χ0v) is 18.8. The van der Waals surface area contributed by atoms with Gasteiger partial charge in [0.05, 0.1) is 24.8 Å². The molecule has 0 bridgehead atoms. The maximum absolute atomic E-state index is 13.8. The lowest BCUT2D eigenvalue weighted by Gasteiger charge is -2.40. The minimum Gasteiger partial charge on any atom is -0.497 e. The minimum absolute atomic E-state index is 0.198. The van der Waals surface area contributed by atoms with E-state index in [0.29, 0.717) is 22.2 Å². The smallest absolute Gasteiger partial charge is 0.253 e. The SMILES string of the molecule is COc1ccc2c(C(=O)N[C@H]3C(O)OC(CO)[C@@H](O)[C@@H]3O)cn(Cc3cc(F)cc(Cl)c3)c2c1. The van der Waals surface area contributed by atoms with Crippen LogP contribution in [0.15, 0.2) is 42.6 Å². The maximum Gasteiger partial charge on any atom is 0.253 e. The Labute approximate surface area is 198 Å². The Bertz CT molecular complexity index is 1180. The number of aromatic nitrogens is 1. The first-order chi connectivity index (χ1) is 16.2. The second-order valence-electron chi connectivity index (χ2n) is 8.06. The van der Waals surface area contributed by atoms with Crippen LogP contribution in [0.4, 0.5) is 4.39 Å². The van der Waals surface area contributed by atoms with Crippen LogP contribution in [-0.2, 0) is 11.3 Å². The van der Waals surface area contributed by atoms with Gasteiger partial charge in [-0.2, -0.15) is 0 Å². The molecule has 1 aliphatic heterocycles. The number of hydrogen-bond acceptors (Lipinski definition) is 7. The lowest BCUT2D eigenvalue weighted by Crippen LogP contribution is -2.64. The number of nitrogens with zero attached hydrogens (tertiary/aromatic N) is 1. The highest BCUT2D eigenvalue weighted by molar-refractivity contribution is 6.30. The van der Waals surface area contributed by atoms with Crippen LogP contribution in [0.2, 0.25) is 5.02 Å². The fraction of sp³-hybridized carbons (Fsp3) is 0.348. The quantitative estimate of drug-likeness (QED) is 0.345. The Morgan fingerprint density at radius 1 is 1.21 bits per heavy atom. The number of amides is 1. The molecule has 2 aromatic carbocycles. The highest BCUT2D eigenvalue weighted by Crippen LogP contribution is 2.28. The molecule has 1 amide bonds. The van der Waals surface area contributed by atoms with E-state index in [1.165, 1.54) is 19.2 Å². The van der Waals surface area contributed by atoms with Crippen LogP contribution in [0.3, 0.4) is 0 Å². The number of aliphatic hydroxyl groups excluding tert-OH is 4. The van der Waals surface area contributed by atoms with Gasteiger partial charge in [-0.1, -0.05) is 11.6 Å². The highest BCUT2D eigenvalue weighted by atomic mass is 35.5. The second-order valence-corrected chi connectivity index (χ2v) is 8.50. The predicted molar refractivity (Wildman–Crippen MR) is 120 cm³/mol. The van der Waals surface area contributed by atoms with Gasteiger partial charge >= 0.3 is 0 Å². The van der Waals surface area contributed by atoms with Gasteiger partial charge < -0.3 is 39.8 Å². The van der Waals surface area contributed by atoms with Gasteiger partial charge in [-0.25, -0.2) is 4.39 Å². The highest BCUT2D eigenvalue weighted by Gasteiger charge is 2.44. The Kier molecular flexibility index (Phi) is 7.08. The van der Waals surface area contributed by atoms with Crippen molar-refractivity contribution >= 4 is 28.4 Å². The predicted octanol–water partition coefficient (Wildman–Crippen LogP) is 1.02. The molecule has 2 unspecified atom stereocenters. The van der Waals surface area contributed by atoms with Crippen molar-refractivity contribution in [2.24, 2.45) is 0 Å². The molecule has 9 nitrogen and oxygen atoms in total. The summed E-state index contributed by atoms with van der Waals surface area (Å²) in [6, 6.07) is 7.87. The Balaban J connectivity index is 1.67. The molecule has 3 aromatic rings. The zero-order chi connectivity index (χ0) is 24.6. The number of halogens is 2. The van der Waals surface area contributed by atoms with Crippen molar-refractivity contribution in [1.29, 1.82) is 0 Å². The summed E-state index contributed by atoms with van der Waals surface area (Å²) in [4.78, 5) is 13.2. The molecular formula is C23H24ClFN2O7. The van der Waals surface area contributed by atoms with E-state index < -0.39 is 49.0 Å². The van der Waals surface area contributed by atoms with Gasteiger partial charge in [-0.3, -0.25) is 4.79 Å². The second kappa shape index (κ2) is 9.87. The van der Waals surface area contributed by atoms with Gasteiger partial charge in [0.15, 0.2) is 6.29 Å². The Morgan fingerprint density at radius 3 is 2.65 bits per heavy atom. The van der Waals surface area contributed by atoms with Crippen molar-refractivity contribution in [3.8, 4) is 5.75 Å². The van der Waals surface area contributed by atoms with Crippen molar-refractivity contribution in [2.45, 2.75) is 37.2 Å². The van der Waals surface area contributed by atoms with Crippen LogP contribution in [-0.4, -0.2) is 75.3 Å². The largest absolute Gasteiger partial charge is 0.497 e. The lowest BCUT2D eigenvalue weighted by molar-refractivity contribution is -0.252. The van der Waals surface area contributed by atoms with Crippen LogP contribution >= 0.6 is 11.6 Å². The van der Waals surface area contributed by atoms with Crippen molar-refractivity contribution in [2.75, 3.05) is 13.7 Å². The summed E-state index contributed by atoms with van der Waals surface area (Å²) >= 11 is 5.98. The number of fused-ring (bicyclic) bond motifs is 1. The molecule has 11 heteroatoms. The zero-order valence-electron chi connectivity index (χ0n) is 18.1. The summed E-state index contributed by atoms with van der Waals surface area (Å²) < 4.78 is 26.0. The van der Waals surface area contributed by atoms with Crippen LogP contribution in [0, 0.1) is 5.82 Å². The van der Waals surface area contributed by atoms with Gasteiger partial charge in [-0.05, 0) is 35.9 Å². The first-order valence-electron chi connectivity index (χ1n) is 10.4. The van der Waals surface area contributed by atoms with E-state index in [0.717, 1.165) is 0 Å². The standard InChI is InChI=1S/C23H24ClFN2O7/c1-33-14-2-3-15-16(22(31)26-19-21(30)20(29)18(10-28)34-23(19)32)9-27(17(15)7-14)8-11-4-12(24)6-13(25)5-11/h2-7,9,18-21,23,28-30,32H,8,10H2,1H3,(H,26,31)/t18?,19-,20-,21-,23?/m1/s1. The minimum atomic E-state index is -1.65. The molecular weight excluding hydrogens is 471 g/mol. The third-order valence-corrected chi connectivity index (χ3v) is 6.03. The molecule has 182 valence electrons. The molecule has 1 saturated heterocycles. The van der Waals surface area contributed by atoms with E-state index >= 15 is 0 Å². The summed E-state index contributed by atoms with van der Waals surface area (Å²) in [6.07, 6.45) is -4.38. The van der Waals surface area contributed by atoms with Gasteiger partial charge in [-0.15, -0.1) is 0 Å². The van der Waals surface area contributed by atoms with Crippen LogP contribution in [0.1, 0.15) is 15.9 Å². The molecule has 0 saturated carbocycles. The molecule has 34 heavy (non-hydrogen) atoms. The lowest BCUT2D eigenvalue weighted by atomic mass is 9.96. The number of rotatable bonds is 6. The Morgan fingerprint density at radius 2 is 1.97 bits per heavy atom. The van der Waals surface area contributed by atoms with Gasteiger partial charge in [0.25, 0.3) is 5.91 Å². The summed E-state index contributed by atoms with van der Waals surface area (Å²) in [7, 11) is 1.51. The number of nitrogens with one attached hydrogen (secondary N) is 1. The summed E-state index contributed by atoms with van der Waals surface area (Å²) in [5.74, 6) is -0.595. The van der Waals surface area contributed by atoms with Gasteiger partial charge in [0.1, 0.15) is 35.9 Å². The normalized spacial score (nSPS) is 24.9. The molecule has 2 heterocycles. The molecule has 1 aliphatic rings. The number of hydrogen-bond donors (Lipinski definition) is 5. The number of aliphatic hydroxyl groups is 4. The number of carbonyl (C=O) groups is 1. The van der Waals surface area contributed by atoms with E-state index in [2.05, 4.69) is 5.32 Å². The number of carbonyl (C=O) groups excluding carboxylic acids is 1. The molecule has 5 atom stereocenters. The average Bonchev–Trinajstić information content (AvgIpc) is 3.15. The third-order valence-electron chi connectivity index (χ3n) is 5.81. The van der Waals surface area contributed by atoms with Crippen molar-refractivity contribution in [3.05, 3.63) is 64.6 Å². The molecule has 1 aromatic heterocycles. The van der Waals surface area contributed by atoms with E-state index in [-0.39, 0.29) is 17.1 Å². The Hall–Kier alpha value is -2.73. The molecule has 0 radical (unpaired) electrons. The summed E-state index contributed by atoms with van der Waals surface area (Å²) in [6.45, 7) is -0.418. The molecule has 0 spiro atoms. The van der Waals surface area contributed by atoms with E-state index in [1.807, 2.05) is 0 Å². The summed E-state index contributed by atoms with van der Waals surface area (Å²) in [5, 5.41) is 43.1. The molecule has 4 rings (SSSR count). The van der Waals surface area contributed by atoms with Gasteiger partial charge in [0.2, 0.25) is 0 Å². The van der Waals surface area contributed by atoms with Crippen LogP contribution < -0.4 is 10.1 Å². The number of benzene rings is 2. The van der Waals surface area contributed by atoms with Crippen LogP contribution in [0.25, 0.3) is 10.9 Å². The topological polar surface area (TPSA) is 133 Å². The third kappa shape index (κ3) is 4.74. The van der Waals surface area contributed by atoms with Crippen molar-refractivity contribution < 1.29 is 39.1 Å². The van der Waals surface area contributed by atoms with E-state index in [4.69, 9.17) is 21.1 Å². The maximum atomic E-state index is 13.8. The average molecular weight is 495 g/mol. The fourth-order valence-corrected chi connectivity index (χ4v) is 4.34. The number of ether oxygens (including phenoxy) is 2. The molecule has 1 fully saturated rings. The van der Waals surface area contributed by atoms with Crippen LogP contribution in [0.5, 0.6) is 5.75 Å². The van der Waals surface area contributed by atoms with Crippen molar-refractivity contribution in [3.63, 3.8) is 0 Å². The van der Waals surface area contributed by atoms with Gasteiger partial charge in [0, 0.05) is 29.2 Å². The summed E-state index contributed by atoms with van der Waals surface area (Å²) in [5.41, 5.74) is 1.39. The van der Waals surface area contributed by atoms with Crippen molar-refractivity contribution in [1.82, 2.24) is 9.88 Å². The van der Waals surface area contributed by atoms with E-state index in [9.17, 15) is 29.6 Å². The molecule has 5 N–H and O–H groups in total. The molecule has 0 aliphatic carbocycles.